The maximum absolute atomic E-state index is 12.5. The third-order valence-corrected chi connectivity index (χ3v) is 5.58. The van der Waals surface area contributed by atoms with E-state index in [2.05, 4.69) is 11.3 Å². The van der Waals surface area contributed by atoms with Crippen LogP contribution in [0.5, 0.6) is 0 Å². The average Bonchev–Trinajstić information content (AvgIpc) is 2.63. The maximum Gasteiger partial charge on any atom is 0.265 e. The van der Waals surface area contributed by atoms with Gasteiger partial charge in [-0.1, -0.05) is 18.2 Å². The molecule has 0 heterocycles. The number of hydrogen-bond acceptors (Lipinski definition) is 4. The van der Waals surface area contributed by atoms with Gasteiger partial charge in [0.2, 0.25) is 0 Å². The van der Waals surface area contributed by atoms with Crippen molar-refractivity contribution in [2.45, 2.75) is 18.7 Å². The first-order valence-electron chi connectivity index (χ1n) is 8.27. The number of nitrogens with one attached hydrogen (secondary N) is 1. The molecule has 0 saturated heterocycles. The van der Waals surface area contributed by atoms with Crippen molar-refractivity contribution in [3.63, 3.8) is 0 Å². The number of carbonyl (C=O) groups excluding carboxylic acids is 2. The Morgan fingerprint density at radius 1 is 1.11 bits per heavy atom. The summed E-state index contributed by atoms with van der Waals surface area (Å²) in [5.41, 5.74) is 2.26. The lowest BCUT2D eigenvalue weighted by Gasteiger charge is -2.15. The van der Waals surface area contributed by atoms with Crippen LogP contribution in [0.4, 0.5) is 0 Å². The molecule has 6 nitrogen and oxygen atoms in total. The van der Waals surface area contributed by atoms with Crippen LogP contribution >= 0.6 is 0 Å². The summed E-state index contributed by atoms with van der Waals surface area (Å²) < 4.78 is 27.1. The van der Waals surface area contributed by atoms with Gasteiger partial charge in [0, 0.05) is 24.7 Å². The molecule has 2 aromatic rings. The Labute approximate surface area is 159 Å². The summed E-state index contributed by atoms with van der Waals surface area (Å²) in [7, 11) is -2.43. The van der Waals surface area contributed by atoms with Crippen LogP contribution in [0.2, 0.25) is 0 Å². The highest BCUT2D eigenvalue weighted by Gasteiger charge is 2.21. The van der Waals surface area contributed by atoms with Crippen LogP contribution in [-0.4, -0.2) is 38.7 Å². The Morgan fingerprint density at radius 2 is 1.74 bits per heavy atom. The van der Waals surface area contributed by atoms with E-state index < -0.39 is 15.9 Å². The minimum atomic E-state index is -4.05. The van der Waals surface area contributed by atoms with E-state index in [4.69, 9.17) is 0 Å². The predicted octanol–water partition coefficient (Wildman–Crippen LogP) is 2.68. The van der Waals surface area contributed by atoms with Crippen LogP contribution in [0.25, 0.3) is 0 Å². The Bertz CT molecular complexity index is 980. The largest absolute Gasteiger partial charge is 0.338 e. The lowest BCUT2D eigenvalue weighted by atomic mass is 10.0. The zero-order chi connectivity index (χ0) is 20.2. The van der Waals surface area contributed by atoms with Crippen molar-refractivity contribution in [1.29, 1.82) is 0 Å². The number of amides is 2. The van der Waals surface area contributed by atoms with Crippen LogP contribution in [0.1, 0.15) is 31.8 Å². The van der Waals surface area contributed by atoms with E-state index in [1.165, 1.54) is 29.2 Å². The van der Waals surface area contributed by atoms with E-state index in [1.807, 2.05) is 13.0 Å². The van der Waals surface area contributed by atoms with Gasteiger partial charge in [0.25, 0.3) is 21.8 Å². The van der Waals surface area contributed by atoms with Crippen LogP contribution < -0.4 is 4.72 Å². The number of carbonyl (C=O) groups is 2. The molecule has 2 aromatic carbocycles. The van der Waals surface area contributed by atoms with Crippen molar-refractivity contribution in [2.75, 3.05) is 13.6 Å². The normalized spacial score (nSPS) is 10.9. The van der Waals surface area contributed by atoms with E-state index in [0.717, 1.165) is 11.1 Å². The third kappa shape index (κ3) is 4.62. The highest BCUT2D eigenvalue weighted by Crippen LogP contribution is 2.16. The van der Waals surface area contributed by atoms with Gasteiger partial charge in [-0.3, -0.25) is 9.59 Å². The minimum Gasteiger partial charge on any atom is -0.338 e. The number of benzene rings is 2. The summed E-state index contributed by atoms with van der Waals surface area (Å²) in [6.45, 7) is 7.56. The van der Waals surface area contributed by atoms with Crippen molar-refractivity contribution in [3.05, 3.63) is 77.4 Å². The lowest BCUT2D eigenvalue weighted by Crippen LogP contribution is -2.31. The highest BCUT2D eigenvalue weighted by molar-refractivity contribution is 7.90. The van der Waals surface area contributed by atoms with Gasteiger partial charge in [0.15, 0.2) is 0 Å². The molecule has 0 aliphatic carbocycles. The van der Waals surface area contributed by atoms with Crippen molar-refractivity contribution in [2.24, 2.45) is 0 Å². The Morgan fingerprint density at radius 3 is 2.33 bits per heavy atom. The van der Waals surface area contributed by atoms with Crippen LogP contribution in [0.3, 0.4) is 0 Å². The fraction of sp³-hybridized carbons (Fsp3) is 0.200. The smallest absolute Gasteiger partial charge is 0.265 e. The summed E-state index contributed by atoms with van der Waals surface area (Å²) in [5, 5.41) is 0. The molecule has 7 heteroatoms. The van der Waals surface area contributed by atoms with Crippen molar-refractivity contribution in [3.8, 4) is 0 Å². The van der Waals surface area contributed by atoms with Gasteiger partial charge in [-0.05, 0) is 55.3 Å². The fourth-order valence-electron chi connectivity index (χ4n) is 2.51. The van der Waals surface area contributed by atoms with Gasteiger partial charge < -0.3 is 4.90 Å². The van der Waals surface area contributed by atoms with Crippen molar-refractivity contribution < 1.29 is 18.0 Å². The summed E-state index contributed by atoms with van der Waals surface area (Å²) in [6, 6.07) is 10.5. The molecule has 0 saturated carbocycles. The maximum atomic E-state index is 12.5. The molecule has 1 N–H and O–H groups in total. The molecule has 0 radical (unpaired) electrons. The zero-order valence-corrected chi connectivity index (χ0v) is 16.3. The van der Waals surface area contributed by atoms with Crippen molar-refractivity contribution in [1.82, 2.24) is 9.62 Å². The second-order valence-corrected chi connectivity index (χ2v) is 7.86. The molecule has 0 aliphatic heterocycles. The molecule has 0 fully saturated rings. The Kier molecular flexibility index (Phi) is 6.17. The van der Waals surface area contributed by atoms with E-state index in [9.17, 15) is 18.0 Å². The van der Waals surface area contributed by atoms with Crippen LogP contribution in [0, 0.1) is 13.8 Å². The van der Waals surface area contributed by atoms with E-state index in [1.54, 1.807) is 32.2 Å². The molecule has 27 heavy (non-hydrogen) atoms. The summed E-state index contributed by atoms with van der Waals surface area (Å²) >= 11 is 0. The summed E-state index contributed by atoms with van der Waals surface area (Å²) in [4.78, 5) is 25.9. The highest BCUT2D eigenvalue weighted by atomic mass is 32.2. The molecule has 0 aromatic heterocycles. The van der Waals surface area contributed by atoms with E-state index in [-0.39, 0.29) is 10.8 Å². The molecule has 0 spiro atoms. The molecule has 0 aliphatic rings. The minimum absolute atomic E-state index is 0.0934. The van der Waals surface area contributed by atoms with Gasteiger partial charge in [-0.2, -0.15) is 0 Å². The molecule has 142 valence electrons. The Balaban J connectivity index is 2.21. The zero-order valence-electron chi connectivity index (χ0n) is 15.5. The predicted molar refractivity (Wildman–Crippen MR) is 104 cm³/mol. The molecule has 0 bridgehead atoms. The van der Waals surface area contributed by atoms with Gasteiger partial charge in [0.05, 0.1) is 4.90 Å². The first kappa shape index (κ1) is 20.4. The number of sulfonamides is 1. The van der Waals surface area contributed by atoms with Crippen LogP contribution in [-0.2, 0) is 10.0 Å². The van der Waals surface area contributed by atoms with Gasteiger partial charge in [0.1, 0.15) is 0 Å². The van der Waals surface area contributed by atoms with Crippen molar-refractivity contribution >= 4 is 21.8 Å². The topological polar surface area (TPSA) is 83.6 Å². The molecule has 2 amide bonds. The molecular weight excluding hydrogens is 364 g/mol. The summed E-state index contributed by atoms with van der Waals surface area (Å²) in [6.07, 6.45) is 1.60. The monoisotopic (exact) mass is 386 g/mol. The van der Waals surface area contributed by atoms with Crippen LogP contribution in [0.15, 0.2) is 60.0 Å². The second kappa shape index (κ2) is 8.18. The van der Waals surface area contributed by atoms with Gasteiger partial charge >= 0.3 is 0 Å². The quantitative estimate of drug-likeness (QED) is 0.774. The first-order valence-corrected chi connectivity index (χ1v) is 9.75. The third-order valence-electron chi connectivity index (χ3n) is 4.24. The second-order valence-electron chi connectivity index (χ2n) is 6.18. The molecule has 0 atom stereocenters. The Hall–Kier alpha value is -2.93. The average molecular weight is 386 g/mol. The van der Waals surface area contributed by atoms with Gasteiger partial charge in [-0.25, -0.2) is 13.1 Å². The van der Waals surface area contributed by atoms with E-state index in [0.29, 0.717) is 17.7 Å². The molecule has 0 unspecified atom stereocenters. The first-order chi connectivity index (χ1) is 12.7. The molecule has 2 rings (SSSR count). The van der Waals surface area contributed by atoms with Gasteiger partial charge in [-0.15, -0.1) is 6.58 Å². The number of hydrogen-bond donors (Lipinski definition) is 1. The number of aryl methyl sites for hydroxylation is 1. The fourth-order valence-corrected chi connectivity index (χ4v) is 3.47. The van der Waals surface area contributed by atoms with E-state index >= 15 is 0 Å². The number of rotatable bonds is 6. The molecular formula is C20H22N2O4S. The standard InChI is InChI=1S/C20H22N2O4S/c1-5-13-22(4)20(24)16-9-11-17(12-10-16)27(25,26)21-19(23)18-8-6-7-14(2)15(18)3/h5-12H,1,13H2,2-4H3,(H,21,23). The number of likely N-dealkylation sites (N-methyl/N-ethyl adjacent to an activating group) is 1. The SMILES string of the molecule is C=CCN(C)C(=O)c1ccc(S(=O)(=O)NC(=O)c2cccc(C)c2C)cc1. The summed E-state index contributed by atoms with van der Waals surface area (Å²) in [5.74, 6) is -0.944. The lowest BCUT2D eigenvalue weighted by molar-refractivity contribution is 0.0809. The number of nitrogens with zero attached hydrogens (tertiary/aromatic N) is 1.